The minimum Gasteiger partial charge on any atom is -0.325 e. The zero-order chi connectivity index (χ0) is 23.4. The molecule has 172 valence electrons. The standard InChI is InChI=1S/C24H26F2N6O/c1-15-3-5-19(26)20(11-15)29-23(33)14-32-9-7-17(8-10-32)24-28-16(2)12-22(31-24)30-21-6-4-18(25)13-27-21/h3-6,11-13,17H,7-10,14H2,1-2H3,(H,29,33)(H,27,28,30,31). The smallest absolute Gasteiger partial charge is 0.238 e. The Balaban J connectivity index is 1.33. The summed E-state index contributed by atoms with van der Waals surface area (Å²) in [6, 6.07) is 9.36. The zero-order valence-electron chi connectivity index (χ0n) is 18.6. The number of amides is 1. The van der Waals surface area contributed by atoms with E-state index >= 15 is 0 Å². The predicted octanol–water partition coefficient (Wildman–Crippen LogP) is 4.33. The number of benzene rings is 1. The summed E-state index contributed by atoms with van der Waals surface area (Å²) in [5.74, 6) is 0.952. The van der Waals surface area contributed by atoms with Crippen LogP contribution in [-0.2, 0) is 4.79 Å². The fraction of sp³-hybridized carbons (Fsp3) is 0.333. The van der Waals surface area contributed by atoms with Gasteiger partial charge in [-0.2, -0.15) is 0 Å². The van der Waals surface area contributed by atoms with Crippen LogP contribution in [0.5, 0.6) is 0 Å². The Hall–Kier alpha value is -3.46. The lowest BCUT2D eigenvalue weighted by Gasteiger charge is -2.30. The van der Waals surface area contributed by atoms with Crippen LogP contribution in [0.25, 0.3) is 0 Å². The Morgan fingerprint density at radius 2 is 1.85 bits per heavy atom. The Morgan fingerprint density at radius 1 is 1.06 bits per heavy atom. The second kappa shape index (κ2) is 9.99. The number of pyridine rings is 1. The number of piperidine rings is 1. The van der Waals surface area contributed by atoms with Gasteiger partial charge in [-0.25, -0.2) is 23.7 Å². The van der Waals surface area contributed by atoms with E-state index in [1.54, 1.807) is 18.2 Å². The van der Waals surface area contributed by atoms with E-state index in [0.29, 0.717) is 24.7 Å². The van der Waals surface area contributed by atoms with Crippen molar-refractivity contribution in [2.45, 2.75) is 32.6 Å². The molecule has 1 saturated heterocycles. The van der Waals surface area contributed by atoms with Crippen molar-refractivity contribution in [2.75, 3.05) is 30.3 Å². The van der Waals surface area contributed by atoms with E-state index in [9.17, 15) is 13.6 Å². The highest BCUT2D eigenvalue weighted by Crippen LogP contribution is 2.27. The molecule has 3 heterocycles. The first kappa shape index (κ1) is 22.7. The molecule has 4 rings (SSSR count). The van der Waals surface area contributed by atoms with Crippen LogP contribution in [0.3, 0.4) is 0 Å². The molecule has 2 aromatic heterocycles. The van der Waals surface area contributed by atoms with Crippen LogP contribution in [0.15, 0.2) is 42.6 Å². The second-order valence-corrected chi connectivity index (χ2v) is 8.32. The van der Waals surface area contributed by atoms with Crippen LogP contribution in [0.4, 0.5) is 26.1 Å². The fourth-order valence-electron chi connectivity index (χ4n) is 3.90. The molecule has 7 nitrogen and oxygen atoms in total. The van der Waals surface area contributed by atoms with Crippen molar-refractivity contribution < 1.29 is 13.6 Å². The molecule has 0 bridgehead atoms. The van der Waals surface area contributed by atoms with Crippen LogP contribution in [-0.4, -0.2) is 45.4 Å². The summed E-state index contributed by atoms with van der Waals surface area (Å²) in [6.45, 7) is 5.39. The zero-order valence-corrected chi connectivity index (χ0v) is 18.6. The van der Waals surface area contributed by atoms with Gasteiger partial charge in [-0.05, 0) is 69.6 Å². The van der Waals surface area contributed by atoms with Crippen LogP contribution in [0.1, 0.15) is 35.8 Å². The second-order valence-electron chi connectivity index (χ2n) is 8.32. The molecule has 1 aliphatic rings. The summed E-state index contributed by atoms with van der Waals surface area (Å²) in [4.78, 5) is 27.7. The summed E-state index contributed by atoms with van der Waals surface area (Å²) in [7, 11) is 0. The van der Waals surface area contributed by atoms with Gasteiger partial charge in [-0.15, -0.1) is 0 Å². The van der Waals surface area contributed by atoms with E-state index in [1.807, 2.05) is 19.9 Å². The van der Waals surface area contributed by atoms with Gasteiger partial charge in [0.05, 0.1) is 18.4 Å². The summed E-state index contributed by atoms with van der Waals surface area (Å²) in [5.41, 5.74) is 1.92. The number of nitrogens with zero attached hydrogens (tertiary/aromatic N) is 4. The van der Waals surface area contributed by atoms with Crippen LogP contribution >= 0.6 is 0 Å². The fourth-order valence-corrected chi connectivity index (χ4v) is 3.90. The minimum absolute atomic E-state index is 0.167. The number of nitrogens with one attached hydrogen (secondary N) is 2. The van der Waals surface area contributed by atoms with Crippen LogP contribution in [0.2, 0.25) is 0 Å². The Labute approximate surface area is 191 Å². The molecule has 0 radical (unpaired) electrons. The highest BCUT2D eigenvalue weighted by Gasteiger charge is 2.24. The van der Waals surface area contributed by atoms with E-state index in [4.69, 9.17) is 0 Å². The molecule has 1 aromatic carbocycles. The van der Waals surface area contributed by atoms with E-state index in [2.05, 4.69) is 30.5 Å². The molecule has 0 spiro atoms. The average molecular weight is 453 g/mol. The first-order valence-corrected chi connectivity index (χ1v) is 10.9. The molecule has 3 aromatic rings. The number of halogens is 2. The van der Waals surface area contributed by atoms with Crippen molar-refractivity contribution in [1.29, 1.82) is 0 Å². The van der Waals surface area contributed by atoms with Crippen molar-refractivity contribution in [1.82, 2.24) is 19.9 Å². The predicted molar refractivity (Wildman–Crippen MR) is 122 cm³/mol. The monoisotopic (exact) mass is 452 g/mol. The number of rotatable bonds is 6. The van der Waals surface area contributed by atoms with Crippen molar-refractivity contribution in [3.8, 4) is 0 Å². The number of aromatic nitrogens is 3. The van der Waals surface area contributed by atoms with E-state index < -0.39 is 11.6 Å². The number of likely N-dealkylation sites (tertiary alicyclic amines) is 1. The molecule has 9 heteroatoms. The van der Waals surface area contributed by atoms with Crippen LogP contribution < -0.4 is 10.6 Å². The van der Waals surface area contributed by atoms with Crippen molar-refractivity contribution in [2.24, 2.45) is 0 Å². The lowest BCUT2D eigenvalue weighted by atomic mass is 9.96. The van der Waals surface area contributed by atoms with E-state index in [-0.39, 0.29) is 24.1 Å². The maximum atomic E-state index is 13.9. The van der Waals surface area contributed by atoms with Gasteiger partial charge in [0.2, 0.25) is 5.91 Å². The molecule has 0 unspecified atom stereocenters. The highest BCUT2D eigenvalue weighted by molar-refractivity contribution is 5.92. The average Bonchev–Trinajstić information content (AvgIpc) is 2.78. The molecule has 2 N–H and O–H groups in total. The van der Waals surface area contributed by atoms with Crippen molar-refractivity contribution >= 4 is 23.2 Å². The third-order valence-electron chi connectivity index (χ3n) is 5.57. The largest absolute Gasteiger partial charge is 0.325 e. The molecular formula is C24H26F2N6O. The SMILES string of the molecule is Cc1ccc(F)c(NC(=O)CN2CCC(c3nc(C)cc(Nc4ccc(F)cn4)n3)CC2)c1. The first-order chi connectivity index (χ1) is 15.9. The number of hydrogen-bond donors (Lipinski definition) is 2. The third-order valence-corrected chi connectivity index (χ3v) is 5.57. The third kappa shape index (κ3) is 6.07. The maximum Gasteiger partial charge on any atom is 0.238 e. The number of carbonyl (C=O) groups is 1. The Bertz CT molecular complexity index is 1130. The lowest BCUT2D eigenvalue weighted by molar-refractivity contribution is -0.117. The van der Waals surface area contributed by atoms with Gasteiger partial charge in [-0.1, -0.05) is 6.07 Å². The van der Waals surface area contributed by atoms with E-state index in [1.165, 1.54) is 12.1 Å². The molecule has 33 heavy (non-hydrogen) atoms. The van der Waals surface area contributed by atoms with Gasteiger partial charge in [0, 0.05) is 17.7 Å². The van der Waals surface area contributed by atoms with Gasteiger partial charge in [0.25, 0.3) is 0 Å². The Morgan fingerprint density at radius 3 is 2.58 bits per heavy atom. The molecule has 1 aliphatic heterocycles. The van der Waals surface area contributed by atoms with Gasteiger partial charge in [0.15, 0.2) is 0 Å². The summed E-state index contributed by atoms with van der Waals surface area (Å²) >= 11 is 0. The maximum absolute atomic E-state index is 13.9. The lowest BCUT2D eigenvalue weighted by Crippen LogP contribution is -2.39. The molecule has 0 saturated carbocycles. The molecule has 0 aliphatic carbocycles. The highest BCUT2D eigenvalue weighted by atomic mass is 19.1. The molecule has 0 atom stereocenters. The first-order valence-electron chi connectivity index (χ1n) is 10.9. The van der Waals surface area contributed by atoms with Crippen molar-refractivity contribution in [3.63, 3.8) is 0 Å². The van der Waals surface area contributed by atoms with Crippen LogP contribution in [0, 0.1) is 25.5 Å². The minimum atomic E-state index is -0.440. The van der Waals surface area contributed by atoms with Gasteiger partial charge in [0.1, 0.15) is 29.1 Å². The number of hydrogen-bond acceptors (Lipinski definition) is 6. The number of anilines is 3. The summed E-state index contributed by atoms with van der Waals surface area (Å²) in [6.07, 6.45) is 2.77. The summed E-state index contributed by atoms with van der Waals surface area (Å²) in [5, 5.41) is 5.76. The normalized spacial score (nSPS) is 14.8. The van der Waals surface area contributed by atoms with Gasteiger partial charge >= 0.3 is 0 Å². The molecular weight excluding hydrogens is 426 g/mol. The molecule has 1 fully saturated rings. The number of aryl methyl sites for hydroxylation is 2. The van der Waals surface area contributed by atoms with E-state index in [0.717, 1.165) is 36.1 Å². The van der Waals surface area contributed by atoms with Gasteiger partial charge < -0.3 is 10.6 Å². The summed E-state index contributed by atoms with van der Waals surface area (Å²) < 4.78 is 27.0. The number of carbonyl (C=O) groups excluding carboxylic acids is 1. The quantitative estimate of drug-likeness (QED) is 0.579. The van der Waals surface area contributed by atoms with Crippen molar-refractivity contribution in [3.05, 3.63) is 71.3 Å². The topological polar surface area (TPSA) is 83.0 Å². The Kier molecular flexibility index (Phi) is 6.88. The molecule has 1 amide bonds. The van der Waals surface area contributed by atoms with Gasteiger partial charge in [-0.3, -0.25) is 9.69 Å².